The van der Waals surface area contributed by atoms with Crippen LogP contribution < -0.4 is 10.1 Å². The van der Waals surface area contributed by atoms with Crippen molar-refractivity contribution < 1.29 is 14.3 Å². The molecule has 0 saturated heterocycles. The summed E-state index contributed by atoms with van der Waals surface area (Å²) in [5.41, 5.74) is 1.58. The van der Waals surface area contributed by atoms with Crippen molar-refractivity contribution in [3.63, 3.8) is 0 Å². The van der Waals surface area contributed by atoms with Gasteiger partial charge < -0.3 is 10.1 Å². The van der Waals surface area contributed by atoms with E-state index in [0.717, 1.165) is 30.4 Å². The lowest BCUT2D eigenvalue weighted by atomic mass is 9.90. The van der Waals surface area contributed by atoms with E-state index in [0.29, 0.717) is 12.2 Å². The lowest BCUT2D eigenvalue weighted by Gasteiger charge is -2.26. The van der Waals surface area contributed by atoms with Crippen LogP contribution in [0.2, 0.25) is 0 Å². The summed E-state index contributed by atoms with van der Waals surface area (Å²) < 4.78 is 5.74. The number of benzene rings is 1. The van der Waals surface area contributed by atoms with Crippen molar-refractivity contribution in [3.8, 4) is 5.75 Å². The number of fused-ring (bicyclic) bond motifs is 1. The zero-order valence-corrected chi connectivity index (χ0v) is 13.9. The number of rotatable bonds is 5. The molecular formula is C18H25NO3. The van der Waals surface area contributed by atoms with Crippen LogP contribution in [0.5, 0.6) is 5.75 Å². The lowest BCUT2D eigenvalue weighted by molar-refractivity contribution is -0.128. The van der Waals surface area contributed by atoms with E-state index in [4.69, 9.17) is 4.74 Å². The van der Waals surface area contributed by atoms with Crippen LogP contribution in [0.1, 0.15) is 62.9 Å². The van der Waals surface area contributed by atoms with Crippen molar-refractivity contribution in [2.75, 3.05) is 0 Å². The number of carbonyl (C=O) groups is 2. The smallest absolute Gasteiger partial charge is 0.261 e. The second kappa shape index (κ2) is 6.51. The SMILES string of the molecule is CCC(C)(C)NC(=O)C(C)Oc1ccc2c(c1)CCCC2=O. The van der Waals surface area contributed by atoms with Crippen molar-refractivity contribution in [1.29, 1.82) is 0 Å². The lowest BCUT2D eigenvalue weighted by Crippen LogP contribution is -2.48. The first kappa shape index (κ1) is 16.5. The average Bonchev–Trinajstić information content (AvgIpc) is 2.47. The van der Waals surface area contributed by atoms with E-state index in [9.17, 15) is 9.59 Å². The number of amides is 1. The highest BCUT2D eigenvalue weighted by Crippen LogP contribution is 2.26. The first-order chi connectivity index (χ1) is 10.3. The Morgan fingerprint density at radius 3 is 2.77 bits per heavy atom. The van der Waals surface area contributed by atoms with Crippen LogP contribution in [-0.4, -0.2) is 23.3 Å². The van der Waals surface area contributed by atoms with Gasteiger partial charge in [0.25, 0.3) is 5.91 Å². The van der Waals surface area contributed by atoms with Gasteiger partial charge >= 0.3 is 0 Å². The van der Waals surface area contributed by atoms with Gasteiger partial charge in [0.15, 0.2) is 11.9 Å². The Bertz CT molecular complexity index is 578. The van der Waals surface area contributed by atoms with Crippen molar-refractivity contribution in [3.05, 3.63) is 29.3 Å². The van der Waals surface area contributed by atoms with Crippen molar-refractivity contribution >= 4 is 11.7 Å². The highest BCUT2D eigenvalue weighted by Gasteiger charge is 2.23. The van der Waals surface area contributed by atoms with Crippen LogP contribution in [0.3, 0.4) is 0 Å². The number of ether oxygens (including phenoxy) is 1. The second-order valence-electron chi connectivity index (χ2n) is 6.58. The van der Waals surface area contributed by atoms with Gasteiger partial charge in [-0.2, -0.15) is 0 Å². The second-order valence-corrected chi connectivity index (χ2v) is 6.58. The summed E-state index contributed by atoms with van der Waals surface area (Å²) in [6.45, 7) is 7.75. The normalized spacial score (nSPS) is 15.9. The molecule has 2 rings (SSSR count). The largest absolute Gasteiger partial charge is 0.481 e. The van der Waals surface area contributed by atoms with E-state index in [2.05, 4.69) is 5.32 Å². The van der Waals surface area contributed by atoms with Gasteiger partial charge in [0, 0.05) is 17.5 Å². The summed E-state index contributed by atoms with van der Waals surface area (Å²) in [5, 5.41) is 2.98. The van der Waals surface area contributed by atoms with Crippen molar-refractivity contribution in [2.24, 2.45) is 0 Å². The number of nitrogens with one attached hydrogen (secondary N) is 1. The number of hydrogen-bond acceptors (Lipinski definition) is 3. The molecule has 0 saturated carbocycles. The van der Waals surface area contributed by atoms with Gasteiger partial charge in [-0.3, -0.25) is 9.59 Å². The third-order valence-corrected chi connectivity index (χ3v) is 4.25. The third-order valence-electron chi connectivity index (χ3n) is 4.25. The Morgan fingerprint density at radius 1 is 1.36 bits per heavy atom. The Hall–Kier alpha value is -1.84. The molecule has 0 spiro atoms. The number of aryl methyl sites for hydroxylation is 1. The summed E-state index contributed by atoms with van der Waals surface area (Å²) in [5.74, 6) is 0.717. The molecule has 4 heteroatoms. The molecular weight excluding hydrogens is 278 g/mol. The maximum atomic E-state index is 12.2. The predicted octanol–water partition coefficient (Wildman–Crippen LogP) is 3.28. The Morgan fingerprint density at radius 2 is 2.09 bits per heavy atom. The minimum atomic E-state index is -0.567. The summed E-state index contributed by atoms with van der Waals surface area (Å²) in [6, 6.07) is 5.48. The topological polar surface area (TPSA) is 55.4 Å². The van der Waals surface area contributed by atoms with Crippen LogP contribution in [0.4, 0.5) is 0 Å². The van der Waals surface area contributed by atoms with E-state index in [1.807, 2.05) is 32.9 Å². The van der Waals surface area contributed by atoms with Gasteiger partial charge in [-0.05, 0) is 63.8 Å². The van der Waals surface area contributed by atoms with Gasteiger partial charge in [0.05, 0.1) is 0 Å². The monoisotopic (exact) mass is 303 g/mol. The average molecular weight is 303 g/mol. The van der Waals surface area contributed by atoms with Crippen LogP contribution >= 0.6 is 0 Å². The number of Topliss-reactive ketones (excluding diaryl/α,β-unsaturated/α-hetero) is 1. The fourth-order valence-corrected chi connectivity index (χ4v) is 2.48. The molecule has 0 aromatic heterocycles. The molecule has 1 aromatic rings. The Balaban J connectivity index is 2.04. The molecule has 1 amide bonds. The summed E-state index contributed by atoms with van der Waals surface area (Å²) in [4.78, 5) is 24.0. The van der Waals surface area contributed by atoms with Crippen LogP contribution in [0.25, 0.3) is 0 Å². The Labute approximate surface area is 132 Å². The highest BCUT2D eigenvalue weighted by atomic mass is 16.5. The standard InChI is InChI=1S/C18H25NO3/c1-5-18(3,4)19-17(21)12(2)22-14-9-10-15-13(11-14)7-6-8-16(15)20/h9-12H,5-8H2,1-4H3,(H,19,21). The highest BCUT2D eigenvalue weighted by molar-refractivity contribution is 5.98. The van der Waals surface area contributed by atoms with E-state index >= 15 is 0 Å². The molecule has 0 bridgehead atoms. The quantitative estimate of drug-likeness (QED) is 0.908. The molecule has 1 aliphatic rings. The number of carbonyl (C=O) groups excluding carboxylic acids is 2. The molecule has 4 nitrogen and oxygen atoms in total. The zero-order chi connectivity index (χ0) is 16.3. The summed E-state index contributed by atoms with van der Waals surface area (Å²) in [6.07, 6.45) is 2.69. The third kappa shape index (κ3) is 3.87. The van der Waals surface area contributed by atoms with E-state index < -0.39 is 6.10 Å². The maximum absolute atomic E-state index is 12.2. The van der Waals surface area contributed by atoms with Crippen molar-refractivity contribution in [1.82, 2.24) is 5.32 Å². The molecule has 0 aliphatic heterocycles. The Kier molecular flexibility index (Phi) is 4.89. The molecule has 0 heterocycles. The predicted molar refractivity (Wildman–Crippen MR) is 86.3 cm³/mol. The van der Waals surface area contributed by atoms with E-state index in [1.54, 1.807) is 13.0 Å². The van der Waals surface area contributed by atoms with Gasteiger partial charge in [0.1, 0.15) is 5.75 Å². The van der Waals surface area contributed by atoms with Crippen LogP contribution in [-0.2, 0) is 11.2 Å². The number of hydrogen-bond donors (Lipinski definition) is 1. The molecule has 1 aromatic carbocycles. The van der Waals surface area contributed by atoms with E-state index in [-0.39, 0.29) is 17.2 Å². The molecule has 1 N–H and O–H groups in total. The summed E-state index contributed by atoms with van der Waals surface area (Å²) in [7, 11) is 0. The molecule has 1 atom stereocenters. The first-order valence-electron chi connectivity index (χ1n) is 7.97. The molecule has 0 fully saturated rings. The number of ketones is 1. The maximum Gasteiger partial charge on any atom is 0.261 e. The summed E-state index contributed by atoms with van der Waals surface area (Å²) >= 11 is 0. The minimum Gasteiger partial charge on any atom is -0.481 e. The fourth-order valence-electron chi connectivity index (χ4n) is 2.48. The first-order valence-corrected chi connectivity index (χ1v) is 7.97. The van der Waals surface area contributed by atoms with Crippen LogP contribution in [0.15, 0.2) is 18.2 Å². The minimum absolute atomic E-state index is 0.124. The van der Waals surface area contributed by atoms with Gasteiger partial charge in [0.2, 0.25) is 0 Å². The molecule has 1 unspecified atom stereocenters. The molecule has 120 valence electrons. The molecule has 22 heavy (non-hydrogen) atoms. The van der Waals surface area contributed by atoms with Crippen LogP contribution in [0, 0.1) is 0 Å². The fraction of sp³-hybridized carbons (Fsp3) is 0.556. The van der Waals surface area contributed by atoms with Gasteiger partial charge in [-0.25, -0.2) is 0 Å². The molecule has 0 radical (unpaired) electrons. The molecule has 1 aliphatic carbocycles. The van der Waals surface area contributed by atoms with Crippen molar-refractivity contribution in [2.45, 2.75) is 65.0 Å². The van der Waals surface area contributed by atoms with Gasteiger partial charge in [-0.1, -0.05) is 6.92 Å². The van der Waals surface area contributed by atoms with E-state index in [1.165, 1.54) is 0 Å². The van der Waals surface area contributed by atoms with Gasteiger partial charge in [-0.15, -0.1) is 0 Å². The zero-order valence-electron chi connectivity index (χ0n) is 13.9.